The number of hydrogen-bond donors (Lipinski definition) is 2. The van der Waals surface area contributed by atoms with Crippen molar-refractivity contribution in [3.05, 3.63) is 84.1 Å². The first kappa shape index (κ1) is 25.3. The van der Waals surface area contributed by atoms with Gasteiger partial charge in [-0.25, -0.2) is 9.97 Å². The zero-order valence-electron chi connectivity index (χ0n) is 22.0. The van der Waals surface area contributed by atoms with Crippen LogP contribution >= 0.6 is 0 Å². The Morgan fingerprint density at radius 1 is 0.974 bits per heavy atom. The van der Waals surface area contributed by atoms with Crippen molar-refractivity contribution in [2.45, 2.75) is 20.8 Å². The Bertz CT molecular complexity index is 1420. The number of piperazine rings is 1. The van der Waals surface area contributed by atoms with E-state index in [2.05, 4.69) is 60.3 Å². The molecule has 1 amide bonds. The molecule has 9 nitrogen and oxygen atoms in total. The molecule has 1 aliphatic heterocycles. The van der Waals surface area contributed by atoms with Crippen LogP contribution in [0.1, 0.15) is 28.5 Å². The number of anilines is 4. The topological polar surface area (TPSA) is 99.2 Å². The normalized spacial score (nSPS) is 13.8. The molecular weight excluding hydrogens is 476 g/mol. The molecule has 38 heavy (non-hydrogen) atoms. The van der Waals surface area contributed by atoms with E-state index in [4.69, 9.17) is 0 Å². The standard InChI is InChI=1S/C29H32N8O/c1-4-36-10-12-37(13-11-36)25-15-20(2)14-24(17-25)33-28(38)23-16-27(21(3)32-19-23)35-29-31-9-7-26(34-29)22-6-5-8-30-18-22/h5-9,14-19H,4,10-13H2,1-3H3,(H,33,38)(H,31,34,35). The first-order chi connectivity index (χ1) is 18.5. The van der Waals surface area contributed by atoms with Gasteiger partial charge < -0.3 is 20.4 Å². The SMILES string of the molecule is CCN1CCN(c2cc(C)cc(NC(=O)c3cnc(C)c(Nc4nccc(-c5cccnc5)n4)c3)c2)CC1. The number of amides is 1. The average Bonchev–Trinajstić information content (AvgIpc) is 2.94. The molecule has 0 spiro atoms. The third-order valence-corrected chi connectivity index (χ3v) is 6.71. The minimum Gasteiger partial charge on any atom is -0.369 e. The fraction of sp³-hybridized carbons (Fsp3) is 0.276. The number of nitrogens with zero attached hydrogens (tertiary/aromatic N) is 6. The monoisotopic (exact) mass is 508 g/mol. The second-order valence-corrected chi connectivity index (χ2v) is 9.42. The lowest BCUT2D eigenvalue weighted by molar-refractivity contribution is 0.102. The van der Waals surface area contributed by atoms with Crippen LogP contribution in [0.25, 0.3) is 11.3 Å². The van der Waals surface area contributed by atoms with Gasteiger partial charge in [-0.2, -0.15) is 0 Å². The number of likely N-dealkylation sites (N-methyl/N-ethyl adjacent to an activating group) is 1. The Hall–Kier alpha value is -4.37. The number of aryl methyl sites for hydroxylation is 2. The van der Waals surface area contributed by atoms with E-state index < -0.39 is 0 Å². The lowest BCUT2D eigenvalue weighted by Crippen LogP contribution is -2.46. The number of carbonyl (C=O) groups is 1. The van der Waals surface area contributed by atoms with Gasteiger partial charge in [0, 0.05) is 67.9 Å². The van der Waals surface area contributed by atoms with Crippen LogP contribution in [0.3, 0.4) is 0 Å². The summed E-state index contributed by atoms with van der Waals surface area (Å²) in [4.78, 5) is 35.6. The molecule has 1 saturated heterocycles. The molecule has 0 aliphatic carbocycles. The quantitative estimate of drug-likeness (QED) is 0.371. The Labute approximate surface area is 223 Å². The molecule has 9 heteroatoms. The van der Waals surface area contributed by atoms with Crippen molar-refractivity contribution < 1.29 is 4.79 Å². The molecule has 3 aromatic heterocycles. The molecule has 0 atom stereocenters. The van der Waals surface area contributed by atoms with E-state index in [1.54, 1.807) is 30.9 Å². The van der Waals surface area contributed by atoms with E-state index in [1.165, 1.54) is 0 Å². The first-order valence-electron chi connectivity index (χ1n) is 12.9. The van der Waals surface area contributed by atoms with Crippen molar-refractivity contribution in [3.63, 3.8) is 0 Å². The third-order valence-electron chi connectivity index (χ3n) is 6.71. The Morgan fingerprint density at radius 2 is 1.82 bits per heavy atom. The van der Waals surface area contributed by atoms with Crippen LogP contribution in [0.5, 0.6) is 0 Å². The minimum atomic E-state index is -0.224. The average molecular weight is 509 g/mol. The van der Waals surface area contributed by atoms with Gasteiger partial charge in [-0.3, -0.25) is 14.8 Å². The van der Waals surface area contributed by atoms with E-state index in [0.29, 0.717) is 17.2 Å². The summed E-state index contributed by atoms with van der Waals surface area (Å²) < 4.78 is 0. The zero-order valence-corrected chi connectivity index (χ0v) is 22.0. The molecule has 0 radical (unpaired) electrons. The van der Waals surface area contributed by atoms with Crippen molar-refractivity contribution in [1.82, 2.24) is 24.8 Å². The molecule has 0 saturated carbocycles. The van der Waals surface area contributed by atoms with Gasteiger partial charge in [-0.1, -0.05) is 6.92 Å². The largest absolute Gasteiger partial charge is 0.369 e. The molecule has 0 bridgehead atoms. The number of pyridine rings is 2. The number of benzene rings is 1. The van der Waals surface area contributed by atoms with Crippen LogP contribution < -0.4 is 15.5 Å². The summed E-state index contributed by atoms with van der Waals surface area (Å²) in [5.41, 5.74) is 6.50. The predicted octanol–water partition coefficient (Wildman–Crippen LogP) is 4.69. The molecule has 1 aromatic carbocycles. The van der Waals surface area contributed by atoms with E-state index in [-0.39, 0.29) is 5.91 Å². The fourth-order valence-electron chi connectivity index (χ4n) is 4.54. The third kappa shape index (κ3) is 5.95. The molecule has 0 unspecified atom stereocenters. The van der Waals surface area contributed by atoms with Crippen LogP contribution in [0.2, 0.25) is 0 Å². The molecule has 1 fully saturated rings. The van der Waals surface area contributed by atoms with Crippen molar-refractivity contribution in [2.75, 3.05) is 48.3 Å². The number of carbonyl (C=O) groups excluding carboxylic acids is 1. The minimum absolute atomic E-state index is 0.224. The smallest absolute Gasteiger partial charge is 0.257 e. The van der Waals surface area contributed by atoms with Crippen LogP contribution in [-0.4, -0.2) is 63.5 Å². The highest BCUT2D eigenvalue weighted by molar-refractivity contribution is 6.05. The van der Waals surface area contributed by atoms with Gasteiger partial charge in [0.25, 0.3) is 5.91 Å². The summed E-state index contributed by atoms with van der Waals surface area (Å²) in [5.74, 6) is 0.193. The lowest BCUT2D eigenvalue weighted by Gasteiger charge is -2.35. The molecule has 4 aromatic rings. The Kier molecular flexibility index (Phi) is 7.55. The van der Waals surface area contributed by atoms with E-state index >= 15 is 0 Å². The van der Waals surface area contributed by atoms with Crippen molar-refractivity contribution in [1.29, 1.82) is 0 Å². The second-order valence-electron chi connectivity index (χ2n) is 9.42. The van der Waals surface area contributed by atoms with Gasteiger partial charge in [0.2, 0.25) is 5.95 Å². The molecule has 5 rings (SSSR count). The molecule has 1 aliphatic rings. The van der Waals surface area contributed by atoms with Crippen molar-refractivity contribution in [2.24, 2.45) is 0 Å². The lowest BCUT2D eigenvalue weighted by atomic mass is 10.1. The molecule has 2 N–H and O–H groups in total. The number of nitrogens with one attached hydrogen (secondary N) is 2. The summed E-state index contributed by atoms with van der Waals surface area (Å²) in [6.45, 7) is 11.3. The zero-order chi connectivity index (χ0) is 26.5. The van der Waals surface area contributed by atoms with E-state index in [0.717, 1.165) is 66.6 Å². The maximum absolute atomic E-state index is 13.2. The van der Waals surface area contributed by atoms with Gasteiger partial charge in [0.05, 0.1) is 22.6 Å². The van der Waals surface area contributed by atoms with Gasteiger partial charge in [-0.15, -0.1) is 0 Å². The van der Waals surface area contributed by atoms with E-state index in [9.17, 15) is 4.79 Å². The highest BCUT2D eigenvalue weighted by atomic mass is 16.1. The highest BCUT2D eigenvalue weighted by Crippen LogP contribution is 2.25. The Balaban J connectivity index is 1.31. The van der Waals surface area contributed by atoms with E-state index in [1.807, 2.05) is 37.3 Å². The number of aromatic nitrogens is 4. The van der Waals surface area contributed by atoms with Crippen molar-refractivity contribution >= 4 is 28.9 Å². The highest BCUT2D eigenvalue weighted by Gasteiger charge is 2.17. The summed E-state index contributed by atoms with van der Waals surface area (Å²) in [6.07, 6.45) is 6.75. The maximum Gasteiger partial charge on any atom is 0.257 e. The van der Waals surface area contributed by atoms with Crippen LogP contribution in [-0.2, 0) is 0 Å². The number of hydrogen-bond acceptors (Lipinski definition) is 8. The summed E-state index contributed by atoms with van der Waals surface area (Å²) in [7, 11) is 0. The molecule has 194 valence electrons. The summed E-state index contributed by atoms with van der Waals surface area (Å²) in [6, 6.07) is 13.6. The Morgan fingerprint density at radius 3 is 2.58 bits per heavy atom. The van der Waals surface area contributed by atoms with Crippen LogP contribution in [0.15, 0.2) is 67.3 Å². The summed E-state index contributed by atoms with van der Waals surface area (Å²) >= 11 is 0. The van der Waals surface area contributed by atoms with Gasteiger partial charge in [0.1, 0.15) is 0 Å². The first-order valence-corrected chi connectivity index (χ1v) is 12.9. The van der Waals surface area contributed by atoms with Crippen LogP contribution in [0.4, 0.5) is 23.0 Å². The molecular formula is C29H32N8O. The second kappa shape index (κ2) is 11.4. The maximum atomic E-state index is 13.2. The molecule has 4 heterocycles. The number of rotatable bonds is 7. The van der Waals surface area contributed by atoms with Crippen LogP contribution in [0, 0.1) is 13.8 Å². The van der Waals surface area contributed by atoms with Gasteiger partial charge in [-0.05, 0) is 68.4 Å². The van der Waals surface area contributed by atoms with Gasteiger partial charge in [0.15, 0.2) is 0 Å². The summed E-state index contributed by atoms with van der Waals surface area (Å²) in [5, 5.41) is 6.27. The van der Waals surface area contributed by atoms with Crippen molar-refractivity contribution in [3.8, 4) is 11.3 Å². The fourth-order valence-corrected chi connectivity index (χ4v) is 4.54. The predicted molar refractivity (Wildman–Crippen MR) is 151 cm³/mol. The van der Waals surface area contributed by atoms with Gasteiger partial charge >= 0.3 is 0 Å².